The van der Waals surface area contributed by atoms with E-state index in [9.17, 15) is 4.79 Å². The van der Waals surface area contributed by atoms with Gasteiger partial charge in [-0.2, -0.15) is 0 Å². The van der Waals surface area contributed by atoms with Crippen molar-refractivity contribution >= 4 is 37.6 Å². The van der Waals surface area contributed by atoms with E-state index in [1.165, 1.54) is 0 Å². The molecule has 18 heavy (non-hydrogen) atoms. The van der Waals surface area contributed by atoms with Crippen molar-refractivity contribution < 1.29 is 4.79 Å². The fraction of sp³-hybridized carbons (Fsp3) is 0.143. The van der Waals surface area contributed by atoms with Gasteiger partial charge in [-0.25, -0.2) is 0 Å². The molecule has 0 spiro atoms. The molecule has 0 atom stereocenters. The van der Waals surface area contributed by atoms with E-state index in [-0.39, 0.29) is 5.78 Å². The Labute approximate surface area is 123 Å². The number of ketones is 1. The lowest BCUT2D eigenvalue weighted by molar-refractivity contribution is 0.0992. The lowest BCUT2D eigenvalue weighted by Gasteiger charge is -2.06. The lowest BCUT2D eigenvalue weighted by Crippen LogP contribution is -2.05. The van der Waals surface area contributed by atoms with Crippen LogP contribution in [0.1, 0.15) is 21.5 Å². The SMILES string of the molecule is Cc1cccc(C(=O)Cc2cncc(Br)c2)c1Br. The summed E-state index contributed by atoms with van der Waals surface area (Å²) in [5.41, 5.74) is 2.69. The summed E-state index contributed by atoms with van der Waals surface area (Å²) in [5.74, 6) is 0.0884. The zero-order valence-corrected chi connectivity index (χ0v) is 13.0. The van der Waals surface area contributed by atoms with Gasteiger partial charge in [-0.3, -0.25) is 9.78 Å². The van der Waals surface area contributed by atoms with Crippen molar-refractivity contribution in [2.24, 2.45) is 0 Å². The molecule has 0 fully saturated rings. The van der Waals surface area contributed by atoms with Gasteiger partial charge in [-0.1, -0.05) is 18.2 Å². The standard InChI is InChI=1S/C14H11Br2NO/c1-9-3-2-4-12(14(9)16)13(18)6-10-5-11(15)8-17-7-10/h2-5,7-8H,6H2,1H3. The van der Waals surface area contributed by atoms with Gasteiger partial charge >= 0.3 is 0 Å². The average molecular weight is 369 g/mol. The van der Waals surface area contributed by atoms with Crippen LogP contribution in [0.5, 0.6) is 0 Å². The molecule has 0 aliphatic carbocycles. The Bertz CT molecular complexity index is 596. The Hall–Kier alpha value is -1.000. The van der Waals surface area contributed by atoms with Crippen LogP contribution in [0.2, 0.25) is 0 Å². The number of hydrogen-bond acceptors (Lipinski definition) is 2. The summed E-state index contributed by atoms with van der Waals surface area (Å²) in [6, 6.07) is 7.62. The zero-order valence-electron chi connectivity index (χ0n) is 9.78. The van der Waals surface area contributed by atoms with Gasteiger partial charge in [0.2, 0.25) is 0 Å². The summed E-state index contributed by atoms with van der Waals surface area (Å²) in [7, 11) is 0. The zero-order chi connectivity index (χ0) is 13.1. The van der Waals surface area contributed by atoms with Gasteiger partial charge in [0.05, 0.1) is 0 Å². The Balaban J connectivity index is 2.25. The highest BCUT2D eigenvalue weighted by atomic mass is 79.9. The first-order chi connectivity index (χ1) is 8.58. The fourth-order valence-electron chi connectivity index (χ4n) is 1.70. The van der Waals surface area contributed by atoms with Crippen LogP contribution in [0.15, 0.2) is 45.6 Å². The molecule has 0 aliphatic heterocycles. The summed E-state index contributed by atoms with van der Waals surface area (Å²) in [6.45, 7) is 1.97. The fourth-order valence-corrected chi connectivity index (χ4v) is 2.59. The van der Waals surface area contributed by atoms with Crippen LogP contribution in [0.4, 0.5) is 0 Å². The van der Waals surface area contributed by atoms with Gasteiger partial charge in [0, 0.05) is 33.3 Å². The number of benzene rings is 1. The highest BCUT2D eigenvalue weighted by Crippen LogP contribution is 2.22. The molecule has 0 radical (unpaired) electrons. The maximum absolute atomic E-state index is 12.2. The third-order valence-electron chi connectivity index (χ3n) is 2.62. The molecule has 0 amide bonds. The summed E-state index contributed by atoms with van der Waals surface area (Å²) in [6.07, 6.45) is 3.78. The first-order valence-corrected chi connectivity index (χ1v) is 7.04. The van der Waals surface area contributed by atoms with Gasteiger partial charge in [0.25, 0.3) is 0 Å². The molecule has 2 nitrogen and oxygen atoms in total. The molecular weight excluding hydrogens is 358 g/mol. The van der Waals surface area contributed by atoms with Crippen LogP contribution in [-0.4, -0.2) is 10.8 Å². The number of pyridine rings is 1. The van der Waals surface area contributed by atoms with Gasteiger partial charge in [-0.05, 0) is 56.0 Å². The monoisotopic (exact) mass is 367 g/mol. The third-order valence-corrected chi connectivity index (χ3v) is 4.10. The number of carbonyl (C=O) groups excluding carboxylic acids is 1. The maximum Gasteiger partial charge on any atom is 0.168 e. The Morgan fingerprint density at radius 3 is 2.78 bits per heavy atom. The largest absolute Gasteiger partial charge is 0.294 e. The van der Waals surface area contributed by atoms with Crippen molar-refractivity contribution in [3.8, 4) is 0 Å². The number of Topliss-reactive ketones (excluding diaryl/α,β-unsaturated/α-hetero) is 1. The summed E-state index contributed by atoms with van der Waals surface area (Å²) in [5, 5.41) is 0. The van der Waals surface area contributed by atoms with Crippen LogP contribution in [0.25, 0.3) is 0 Å². The molecule has 1 heterocycles. The molecule has 0 bridgehead atoms. The van der Waals surface area contributed by atoms with Crippen LogP contribution in [-0.2, 0) is 6.42 Å². The van der Waals surface area contributed by atoms with Gasteiger partial charge in [0.15, 0.2) is 5.78 Å². The second-order valence-corrected chi connectivity index (χ2v) is 5.76. The number of halogens is 2. The van der Waals surface area contributed by atoms with Crippen molar-refractivity contribution in [1.29, 1.82) is 0 Å². The molecule has 0 aliphatic rings. The minimum absolute atomic E-state index is 0.0884. The number of carbonyl (C=O) groups is 1. The molecule has 2 rings (SSSR count). The molecule has 2 aromatic rings. The predicted molar refractivity (Wildman–Crippen MR) is 78.9 cm³/mol. The molecule has 0 saturated heterocycles. The summed E-state index contributed by atoms with van der Waals surface area (Å²) < 4.78 is 1.76. The maximum atomic E-state index is 12.2. The highest BCUT2D eigenvalue weighted by Gasteiger charge is 2.12. The molecule has 0 N–H and O–H groups in total. The van der Waals surface area contributed by atoms with Crippen LogP contribution in [0.3, 0.4) is 0 Å². The smallest absolute Gasteiger partial charge is 0.168 e. The second kappa shape index (κ2) is 5.76. The molecule has 1 aromatic heterocycles. The van der Waals surface area contributed by atoms with E-state index in [0.29, 0.717) is 6.42 Å². The lowest BCUT2D eigenvalue weighted by atomic mass is 10.0. The van der Waals surface area contributed by atoms with E-state index in [4.69, 9.17) is 0 Å². The van der Waals surface area contributed by atoms with Crippen molar-refractivity contribution in [1.82, 2.24) is 4.98 Å². The number of rotatable bonds is 3. The van der Waals surface area contributed by atoms with Crippen molar-refractivity contribution in [3.05, 3.63) is 62.3 Å². The first-order valence-electron chi connectivity index (χ1n) is 5.45. The number of aryl methyl sites for hydroxylation is 1. The van der Waals surface area contributed by atoms with E-state index in [1.807, 2.05) is 31.2 Å². The normalized spacial score (nSPS) is 10.4. The van der Waals surface area contributed by atoms with Crippen molar-refractivity contribution in [2.75, 3.05) is 0 Å². The van der Waals surface area contributed by atoms with Crippen molar-refractivity contribution in [3.63, 3.8) is 0 Å². The third kappa shape index (κ3) is 3.06. The van der Waals surface area contributed by atoms with E-state index >= 15 is 0 Å². The average Bonchev–Trinajstić information content (AvgIpc) is 2.32. The molecular formula is C14H11Br2NO. The van der Waals surface area contributed by atoms with Crippen LogP contribution < -0.4 is 0 Å². The number of hydrogen-bond donors (Lipinski definition) is 0. The predicted octanol–water partition coefficient (Wildman–Crippen LogP) is 4.34. The Kier molecular flexibility index (Phi) is 4.30. The van der Waals surface area contributed by atoms with E-state index in [0.717, 1.165) is 25.6 Å². The number of aromatic nitrogens is 1. The van der Waals surface area contributed by atoms with E-state index in [1.54, 1.807) is 12.4 Å². The highest BCUT2D eigenvalue weighted by molar-refractivity contribution is 9.10. The molecule has 1 aromatic carbocycles. The quantitative estimate of drug-likeness (QED) is 0.754. The Morgan fingerprint density at radius 2 is 2.06 bits per heavy atom. The summed E-state index contributed by atoms with van der Waals surface area (Å²) in [4.78, 5) is 16.3. The minimum atomic E-state index is 0.0884. The summed E-state index contributed by atoms with van der Waals surface area (Å²) >= 11 is 6.81. The van der Waals surface area contributed by atoms with Crippen LogP contribution in [0, 0.1) is 6.92 Å². The molecule has 0 saturated carbocycles. The van der Waals surface area contributed by atoms with Gasteiger partial charge in [0.1, 0.15) is 0 Å². The number of nitrogens with zero attached hydrogens (tertiary/aromatic N) is 1. The van der Waals surface area contributed by atoms with E-state index in [2.05, 4.69) is 36.8 Å². The Morgan fingerprint density at radius 1 is 1.28 bits per heavy atom. The molecule has 0 unspecified atom stereocenters. The van der Waals surface area contributed by atoms with Gasteiger partial charge < -0.3 is 0 Å². The first kappa shape index (κ1) is 13.4. The minimum Gasteiger partial charge on any atom is -0.294 e. The van der Waals surface area contributed by atoms with Gasteiger partial charge in [-0.15, -0.1) is 0 Å². The van der Waals surface area contributed by atoms with Crippen molar-refractivity contribution in [2.45, 2.75) is 13.3 Å². The molecule has 4 heteroatoms. The van der Waals surface area contributed by atoms with Crippen LogP contribution >= 0.6 is 31.9 Å². The molecule has 92 valence electrons. The van der Waals surface area contributed by atoms with E-state index < -0.39 is 0 Å². The topological polar surface area (TPSA) is 30.0 Å². The second-order valence-electron chi connectivity index (χ2n) is 4.05.